The summed E-state index contributed by atoms with van der Waals surface area (Å²) in [4.78, 5) is 4.33. The van der Waals surface area contributed by atoms with Gasteiger partial charge in [0.05, 0.1) is 5.69 Å². The van der Waals surface area contributed by atoms with Crippen LogP contribution in [0.5, 0.6) is 0 Å². The van der Waals surface area contributed by atoms with E-state index in [0.717, 1.165) is 23.6 Å². The van der Waals surface area contributed by atoms with Gasteiger partial charge >= 0.3 is 0 Å². The molecule has 4 heteroatoms. The number of pyridine rings is 1. The summed E-state index contributed by atoms with van der Waals surface area (Å²) in [5.74, 6) is 0.865. The Morgan fingerprint density at radius 1 is 1.14 bits per heavy atom. The van der Waals surface area contributed by atoms with Gasteiger partial charge in [0.25, 0.3) is 0 Å². The van der Waals surface area contributed by atoms with Crippen LogP contribution in [0.4, 0.5) is 11.5 Å². The molecule has 1 aromatic carbocycles. The molecule has 0 saturated carbocycles. The lowest BCUT2D eigenvalue weighted by Crippen LogP contribution is -2.01. The Morgan fingerprint density at radius 2 is 2.05 bits per heavy atom. The second-order valence-corrected chi connectivity index (χ2v) is 4.99. The fourth-order valence-electron chi connectivity index (χ4n) is 2.33. The highest BCUT2D eigenvalue weighted by Gasteiger charge is 2.05. The molecule has 0 aliphatic heterocycles. The van der Waals surface area contributed by atoms with Crippen molar-refractivity contribution in [1.29, 1.82) is 0 Å². The lowest BCUT2D eigenvalue weighted by Gasteiger charge is -2.12. The molecule has 106 valence electrons. The zero-order valence-electron chi connectivity index (χ0n) is 12.2. The highest BCUT2D eigenvalue weighted by Crippen LogP contribution is 2.22. The fourth-order valence-corrected chi connectivity index (χ4v) is 2.33. The van der Waals surface area contributed by atoms with Crippen LogP contribution < -0.4 is 5.32 Å². The number of nitrogens with one attached hydrogen (secondary N) is 1. The Hall–Kier alpha value is -2.62. The summed E-state index contributed by atoms with van der Waals surface area (Å²) in [6.45, 7) is 4.21. The van der Waals surface area contributed by atoms with Crippen LogP contribution >= 0.6 is 0 Å². The monoisotopic (exact) mass is 278 g/mol. The molecule has 0 amide bonds. The van der Waals surface area contributed by atoms with Crippen molar-refractivity contribution in [3.8, 4) is 5.69 Å². The number of aromatic nitrogens is 3. The summed E-state index contributed by atoms with van der Waals surface area (Å²) in [5.41, 5.74) is 4.60. The maximum Gasteiger partial charge on any atom is 0.130 e. The average Bonchev–Trinajstić information content (AvgIpc) is 3.01. The smallest absolute Gasteiger partial charge is 0.130 e. The normalized spacial score (nSPS) is 10.6. The van der Waals surface area contributed by atoms with E-state index in [4.69, 9.17) is 0 Å². The third-order valence-corrected chi connectivity index (χ3v) is 3.40. The highest BCUT2D eigenvalue weighted by atomic mass is 15.3. The third-order valence-electron chi connectivity index (χ3n) is 3.40. The SMILES string of the molecule is CCc1cc(Nc2cc(C)ccn2)ccc1-n1cccn1. The molecule has 3 rings (SSSR count). The molecule has 21 heavy (non-hydrogen) atoms. The Labute approximate surface area is 124 Å². The first kappa shape index (κ1) is 13.4. The molecule has 0 fully saturated rings. The number of anilines is 2. The van der Waals surface area contributed by atoms with Gasteiger partial charge in [-0.1, -0.05) is 6.92 Å². The summed E-state index contributed by atoms with van der Waals surface area (Å²) in [6.07, 6.45) is 6.52. The van der Waals surface area contributed by atoms with Crippen molar-refractivity contribution in [2.75, 3.05) is 5.32 Å². The minimum atomic E-state index is 0.865. The molecule has 1 N–H and O–H groups in total. The summed E-state index contributed by atoms with van der Waals surface area (Å²) in [6, 6.07) is 12.3. The molecule has 2 aromatic heterocycles. The standard InChI is InChI=1S/C17H18N4/c1-3-14-12-15(20-17-11-13(2)7-9-18-17)5-6-16(14)21-10-4-8-19-21/h4-12H,3H2,1-2H3,(H,18,20). The van der Waals surface area contributed by atoms with E-state index in [9.17, 15) is 0 Å². The van der Waals surface area contributed by atoms with Crippen molar-refractivity contribution in [1.82, 2.24) is 14.8 Å². The van der Waals surface area contributed by atoms with Crippen molar-refractivity contribution in [2.45, 2.75) is 20.3 Å². The molecular formula is C17H18N4. The van der Waals surface area contributed by atoms with Crippen LogP contribution in [0, 0.1) is 6.92 Å². The molecule has 0 aliphatic rings. The first-order valence-electron chi connectivity index (χ1n) is 7.09. The van der Waals surface area contributed by atoms with Crippen molar-refractivity contribution >= 4 is 11.5 Å². The zero-order valence-corrected chi connectivity index (χ0v) is 12.2. The van der Waals surface area contributed by atoms with Crippen LogP contribution in [0.1, 0.15) is 18.1 Å². The molecule has 0 saturated heterocycles. The van der Waals surface area contributed by atoms with E-state index in [1.807, 2.05) is 35.3 Å². The van der Waals surface area contributed by atoms with E-state index in [-0.39, 0.29) is 0 Å². The summed E-state index contributed by atoms with van der Waals surface area (Å²) >= 11 is 0. The highest BCUT2D eigenvalue weighted by molar-refractivity contribution is 5.61. The second-order valence-electron chi connectivity index (χ2n) is 4.99. The molecule has 3 aromatic rings. The molecule has 4 nitrogen and oxygen atoms in total. The van der Waals surface area contributed by atoms with Crippen LogP contribution in [-0.2, 0) is 6.42 Å². The van der Waals surface area contributed by atoms with E-state index < -0.39 is 0 Å². The lowest BCUT2D eigenvalue weighted by molar-refractivity contribution is 0.863. The summed E-state index contributed by atoms with van der Waals surface area (Å²) in [5, 5.41) is 7.66. The lowest BCUT2D eigenvalue weighted by atomic mass is 10.1. The fraction of sp³-hybridized carbons (Fsp3) is 0.176. The van der Waals surface area contributed by atoms with Gasteiger partial charge in [0.2, 0.25) is 0 Å². The van der Waals surface area contributed by atoms with Gasteiger partial charge in [-0.3, -0.25) is 0 Å². The number of rotatable bonds is 4. The van der Waals surface area contributed by atoms with Gasteiger partial charge in [0.1, 0.15) is 5.82 Å². The Bertz CT molecular complexity index is 732. The second kappa shape index (κ2) is 5.79. The minimum absolute atomic E-state index is 0.865. The summed E-state index contributed by atoms with van der Waals surface area (Å²) in [7, 11) is 0. The largest absolute Gasteiger partial charge is 0.340 e. The van der Waals surface area contributed by atoms with Crippen molar-refractivity contribution in [3.63, 3.8) is 0 Å². The first-order chi connectivity index (χ1) is 10.3. The van der Waals surface area contributed by atoms with Crippen LogP contribution in [-0.4, -0.2) is 14.8 Å². The average molecular weight is 278 g/mol. The third kappa shape index (κ3) is 2.94. The van der Waals surface area contributed by atoms with Crippen LogP contribution in [0.25, 0.3) is 5.69 Å². The van der Waals surface area contributed by atoms with Crippen LogP contribution in [0.3, 0.4) is 0 Å². The first-order valence-corrected chi connectivity index (χ1v) is 7.09. The number of hydrogen-bond donors (Lipinski definition) is 1. The maximum atomic E-state index is 4.33. The predicted molar refractivity (Wildman–Crippen MR) is 85.2 cm³/mol. The topological polar surface area (TPSA) is 42.7 Å². The summed E-state index contributed by atoms with van der Waals surface area (Å²) < 4.78 is 1.90. The van der Waals surface area contributed by atoms with E-state index in [0.29, 0.717) is 0 Å². The maximum absolute atomic E-state index is 4.33. The van der Waals surface area contributed by atoms with E-state index >= 15 is 0 Å². The Morgan fingerprint density at radius 3 is 2.76 bits per heavy atom. The van der Waals surface area contributed by atoms with E-state index in [1.165, 1.54) is 11.1 Å². The number of aryl methyl sites for hydroxylation is 2. The molecule has 0 aliphatic carbocycles. The Balaban J connectivity index is 1.91. The van der Waals surface area contributed by atoms with Gasteiger partial charge in [0.15, 0.2) is 0 Å². The van der Waals surface area contributed by atoms with Crippen molar-refractivity contribution in [3.05, 3.63) is 66.1 Å². The zero-order chi connectivity index (χ0) is 14.7. The number of hydrogen-bond acceptors (Lipinski definition) is 3. The van der Waals surface area contributed by atoms with Gasteiger partial charge in [0, 0.05) is 24.3 Å². The van der Waals surface area contributed by atoms with Crippen molar-refractivity contribution in [2.24, 2.45) is 0 Å². The predicted octanol–water partition coefficient (Wildman–Crippen LogP) is 3.88. The van der Waals surface area contributed by atoms with Crippen LogP contribution in [0.15, 0.2) is 55.0 Å². The molecule has 0 atom stereocenters. The van der Waals surface area contributed by atoms with E-state index in [1.54, 1.807) is 6.20 Å². The minimum Gasteiger partial charge on any atom is -0.340 e. The quantitative estimate of drug-likeness (QED) is 0.787. The van der Waals surface area contributed by atoms with E-state index in [2.05, 4.69) is 47.4 Å². The molecule has 0 bridgehead atoms. The van der Waals surface area contributed by atoms with Crippen LogP contribution in [0.2, 0.25) is 0 Å². The Kier molecular flexibility index (Phi) is 3.69. The molecular weight excluding hydrogens is 260 g/mol. The van der Waals surface area contributed by atoms with Gasteiger partial charge in [-0.25, -0.2) is 9.67 Å². The molecule has 0 spiro atoms. The van der Waals surface area contributed by atoms with Gasteiger partial charge in [-0.15, -0.1) is 0 Å². The number of benzene rings is 1. The van der Waals surface area contributed by atoms with Gasteiger partial charge in [-0.2, -0.15) is 5.10 Å². The van der Waals surface area contributed by atoms with Gasteiger partial charge < -0.3 is 5.32 Å². The number of nitrogens with zero attached hydrogens (tertiary/aromatic N) is 3. The van der Waals surface area contributed by atoms with Crippen molar-refractivity contribution < 1.29 is 0 Å². The molecule has 0 radical (unpaired) electrons. The molecule has 2 heterocycles. The van der Waals surface area contributed by atoms with Gasteiger partial charge in [-0.05, 0) is 60.9 Å². The molecule has 0 unspecified atom stereocenters.